The third-order valence-corrected chi connectivity index (χ3v) is 4.06. The number of hydrogen-bond acceptors (Lipinski definition) is 2. The van der Waals surface area contributed by atoms with Gasteiger partial charge in [-0.05, 0) is 11.1 Å². The van der Waals surface area contributed by atoms with Crippen LogP contribution < -0.4 is 11.4 Å². The molecule has 20 heavy (non-hydrogen) atoms. The Labute approximate surface area is 114 Å². The first-order chi connectivity index (χ1) is 9.70. The van der Waals surface area contributed by atoms with Crippen molar-refractivity contribution in [2.24, 2.45) is 7.05 Å². The highest BCUT2D eigenvalue weighted by Crippen LogP contribution is 2.40. The van der Waals surface area contributed by atoms with Gasteiger partial charge in [0.2, 0.25) is 0 Å². The lowest BCUT2D eigenvalue weighted by atomic mass is 9.96. The van der Waals surface area contributed by atoms with Crippen LogP contribution in [0, 0.1) is 0 Å². The minimum Gasteiger partial charge on any atom is -0.246 e. The van der Waals surface area contributed by atoms with E-state index in [2.05, 4.69) is 0 Å². The van der Waals surface area contributed by atoms with Crippen molar-refractivity contribution in [2.45, 2.75) is 12.1 Å². The standard InChI is InChI=1S/C15H13N3O2/c1-16-14(19)17-11-8-4-2-6-10-7-3-5-9-12(13(10)11)18(17)15(16)20/h2-9,11-12H,1H3/t11-,12-/m1/s1. The first-order valence-electron chi connectivity index (χ1n) is 6.54. The Kier molecular flexibility index (Phi) is 2.10. The lowest BCUT2D eigenvalue weighted by molar-refractivity contribution is 0.524. The van der Waals surface area contributed by atoms with E-state index in [-0.39, 0.29) is 23.5 Å². The van der Waals surface area contributed by atoms with Gasteiger partial charge in [-0.25, -0.2) is 23.5 Å². The summed E-state index contributed by atoms with van der Waals surface area (Å²) in [7, 11) is 1.52. The van der Waals surface area contributed by atoms with Gasteiger partial charge in [0, 0.05) is 7.05 Å². The largest absolute Gasteiger partial charge is 0.347 e. The van der Waals surface area contributed by atoms with Gasteiger partial charge in [-0.15, -0.1) is 0 Å². The van der Waals surface area contributed by atoms with Gasteiger partial charge in [-0.3, -0.25) is 0 Å². The van der Waals surface area contributed by atoms with E-state index in [1.165, 1.54) is 7.05 Å². The van der Waals surface area contributed by atoms with Crippen LogP contribution in [0.4, 0.5) is 0 Å². The molecule has 0 N–H and O–H groups in total. The quantitative estimate of drug-likeness (QED) is 0.704. The summed E-state index contributed by atoms with van der Waals surface area (Å²) in [6.45, 7) is 0. The van der Waals surface area contributed by atoms with Crippen molar-refractivity contribution in [1.82, 2.24) is 13.9 Å². The van der Waals surface area contributed by atoms with Crippen molar-refractivity contribution < 1.29 is 0 Å². The molecule has 0 bridgehead atoms. The molecule has 0 unspecified atom stereocenters. The van der Waals surface area contributed by atoms with Crippen molar-refractivity contribution in [1.29, 1.82) is 0 Å². The van der Waals surface area contributed by atoms with Gasteiger partial charge >= 0.3 is 11.4 Å². The Morgan fingerprint density at radius 3 is 1.85 bits per heavy atom. The highest BCUT2D eigenvalue weighted by molar-refractivity contribution is 5.49. The second-order valence-corrected chi connectivity index (χ2v) is 5.10. The van der Waals surface area contributed by atoms with E-state index in [0.717, 1.165) is 15.7 Å². The fourth-order valence-corrected chi connectivity index (χ4v) is 3.14. The minimum atomic E-state index is -0.274. The highest BCUT2D eigenvalue weighted by atomic mass is 16.2. The van der Waals surface area contributed by atoms with Crippen LogP contribution in [0.25, 0.3) is 0 Å². The maximum absolute atomic E-state index is 12.3. The van der Waals surface area contributed by atoms with E-state index < -0.39 is 0 Å². The number of fused-ring (bicyclic) bond motifs is 3. The van der Waals surface area contributed by atoms with Gasteiger partial charge in [-0.1, -0.05) is 48.6 Å². The number of hydrogen-bond donors (Lipinski definition) is 0. The number of nitrogens with zero attached hydrogens (tertiary/aromatic N) is 3. The molecule has 1 aromatic rings. The molecule has 0 saturated heterocycles. The summed E-state index contributed by atoms with van der Waals surface area (Å²) in [6, 6.07) is -0.391. The third-order valence-electron chi connectivity index (χ3n) is 4.06. The van der Waals surface area contributed by atoms with Crippen LogP contribution in [0.5, 0.6) is 0 Å². The Bertz CT molecular complexity index is 800. The van der Waals surface area contributed by atoms with Gasteiger partial charge in [0.05, 0.1) is 12.1 Å². The Morgan fingerprint density at radius 1 is 0.850 bits per heavy atom. The van der Waals surface area contributed by atoms with Crippen molar-refractivity contribution in [3.63, 3.8) is 0 Å². The van der Waals surface area contributed by atoms with Crippen LogP contribution >= 0.6 is 0 Å². The Balaban J connectivity index is 2.14. The average molecular weight is 267 g/mol. The molecule has 1 aliphatic heterocycles. The third kappa shape index (κ3) is 1.22. The minimum absolute atomic E-state index is 0.196. The first kappa shape index (κ1) is 11.3. The van der Waals surface area contributed by atoms with Crippen LogP contribution in [0.3, 0.4) is 0 Å². The fraction of sp³-hybridized carbons (Fsp3) is 0.200. The zero-order valence-electron chi connectivity index (χ0n) is 10.9. The lowest BCUT2D eigenvalue weighted by Gasteiger charge is -2.12. The van der Waals surface area contributed by atoms with Crippen molar-refractivity contribution in [3.05, 3.63) is 80.7 Å². The summed E-state index contributed by atoms with van der Waals surface area (Å²) in [5.74, 6) is 0. The molecule has 0 spiro atoms. The second-order valence-electron chi connectivity index (χ2n) is 5.10. The van der Waals surface area contributed by atoms with Gasteiger partial charge in [0.15, 0.2) is 0 Å². The predicted octanol–water partition coefficient (Wildman–Crippen LogP) is 0.993. The highest BCUT2D eigenvalue weighted by Gasteiger charge is 2.38. The van der Waals surface area contributed by atoms with Crippen molar-refractivity contribution >= 4 is 0 Å². The summed E-state index contributed by atoms with van der Waals surface area (Å²) >= 11 is 0. The van der Waals surface area contributed by atoms with Crippen LogP contribution in [0.2, 0.25) is 0 Å². The summed E-state index contributed by atoms with van der Waals surface area (Å²) in [5, 5.41) is 0. The smallest absolute Gasteiger partial charge is 0.246 e. The summed E-state index contributed by atoms with van der Waals surface area (Å²) in [4.78, 5) is 24.6. The zero-order chi connectivity index (χ0) is 13.9. The van der Waals surface area contributed by atoms with Crippen molar-refractivity contribution in [2.75, 3.05) is 0 Å². The van der Waals surface area contributed by atoms with Crippen LogP contribution in [-0.4, -0.2) is 13.9 Å². The molecule has 2 heterocycles. The summed E-state index contributed by atoms with van der Waals surface area (Å²) in [6.07, 6.45) is 15.7. The van der Waals surface area contributed by atoms with Crippen LogP contribution in [-0.2, 0) is 7.05 Å². The van der Waals surface area contributed by atoms with E-state index >= 15 is 0 Å². The molecule has 2 atom stereocenters. The van der Waals surface area contributed by atoms with Crippen LogP contribution in [0.1, 0.15) is 12.1 Å². The zero-order valence-corrected chi connectivity index (χ0v) is 10.9. The number of aromatic nitrogens is 3. The molecule has 1 aromatic heterocycles. The second kappa shape index (κ2) is 3.72. The molecule has 0 amide bonds. The molecule has 0 radical (unpaired) electrons. The normalized spacial score (nSPS) is 25.6. The Morgan fingerprint density at radius 2 is 1.35 bits per heavy atom. The average Bonchev–Trinajstić information content (AvgIpc) is 2.69. The molecule has 100 valence electrons. The van der Waals surface area contributed by atoms with Gasteiger partial charge in [-0.2, -0.15) is 0 Å². The maximum atomic E-state index is 12.3. The summed E-state index contributed by atoms with van der Waals surface area (Å²) in [5.41, 5.74) is 1.59. The number of allylic oxidation sites excluding steroid dienone is 10. The predicted molar refractivity (Wildman–Crippen MR) is 75.6 cm³/mol. The van der Waals surface area contributed by atoms with E-state index in [9.17, 15) is 9.59 Å². The lowest BCUT2D eigenvalue weighted by Crippen LogP contribution is -2.28. The molecular formula is C15H13N3O2. The summed E-state index contributed by atoms with van der Waals surface area (Å²) < 4.78 is 4.26. The van der Waals surface area contributed by atoms with E-state index in [1.54, 1.807) is 9.36 Å². The Hall–Kier alpha value is -2.56. The first-order valence-corrected chi connectivity index (χ1v) is 6.54. The van der Waals surface area contributed by atoms with Gasteiger partial charge in [0.1, 0.15) is 0 Å². The van der Waals surface area contributed by atoms with E-state index in [0.29, 0.717) is 0 Å². The van der Waals surface area contributed by atoms with E-state index in [4.69, 9.17) is 0 Å². The molecule has 5 heteroatoms. The van der Waals surface area contributed by atoms with Crippen molar-refractivity contribution in [3.8, 4) is 0 Å². The molecule has 0 saturated carbocycles. The molecule has 4 rings (SSSR count). The SMILES string of the molecule is Cn1c(=O)n2n(c1=O)[C@@H]1C=CC=CC3=C1[C@H]2C=CC=C3. The molecule has 5 nitrogen and oxygen atoms in total. The molecular weight excluding hydrogens is 254 g/mol. The number of rotatable bonds is 0. The molecule has 3 aliphatic rings. The van der Waals surface area contributed by atoms with Gasteiger partial charge in [0.25, 0.3) is 0 Å². The van der Waals surface area contributed by atoms with Crippen LogP contribution in [0.15, 0.2) is 69.3 Å². The van der Waals surface area contributed by atoms with Gasteiger partial charge < -0.3 is 0 Å². The molecule has 2 aliphatic carbocycles. The maximum Gasteiger partial charge on any atom is 0.347 e. The fourth-order valence-electron chi connectivity index (χ4n) is 3.14. The topological polar surface area (TPSA) is 48.9 Å². The molecule has 0 aromatic carbocycles. The van der Waals surface area contributed by atoms with E-state index in [1.807, 2.05) is 48.6 Å². The molecule has 0 fully saturated rings. The monoisotopic (exact) mass is 267 g/mol.